The number of phenols is 2. The highest BCUT2D eigenvalue weighted by molar-refractivity contribution is 5.98. The van der Waals surface area contributed by atoms with E-state index in [4.69, 9.17) is 0 Å². The van der Waals surface area contributed by atoms with E-state index in [9.17, 15) is 29.4 Å². The lowest BCUT2D eigenvalue weighted by molar-refractivity contribution is -0.149. The average molecular weight is 521 g/mol. The number of nitrogens with one attached hydrogen (secondary N) is 2. The Kier molecular flexibility index (Phi) is 7.22. The second kappa shape index (κ2) is 10.7. The zero-order valence-electron chi connectivity index (χ0n) is 21.0. The number of hydrogen-bond acceptors (Lipinski definition) is 6. The normalized spacial score (nSPS) is 26.2. The van der Waals surface area contributed by atoms with Crippen LogP contribution in [0.3, 0.4) is 0 Å². The topological polar surface area (TPSA) is 139 Å². The van der Waals surface area contributed by atoms with E-state index < -0.39 is 30.1 Å². The smallest absolute Gasteiger partial charge is 0.246 e. The number of rotatable bonds is 4. The molecule has 1 unspecified atom stereocenters. The van der Waals surface area contributed by atoms with E-state index >= 15 is 0 Å². The van der Waals surface area contributed by atoms with Gasteiger partial charge in [0.25, 0.3) is 0 Å². The summed E-state index contributed by atoms with van der Waals surface area (Å²) >= 11 is 0. The second-order valence-corrected chi connectivity index (χ2v) is 10.2. The number of fused-ring (bicyclic) bond motifs is 2. The fraction of sp³-hybridized carbons (Fsp3) is 0.429. The Labute approximate surface area is 220 Å². The van der Waals surface area contributed by atoms with Crippen molar-refractivity contribution in [2.45, 2.75) is 62.7 Å². The molecule has 10 heteroatoms. The van der Waals surface area contributed by atoms with Crippen LogP contribution in [0.25, 0.3) is 0 Å². The van der Waals surface area contributed by atoms with Crippen molar-refractivity contribution < 1.29 is 29.4 Å². The molecule has 3 aliphatic rings. The maximum absolute atomic E-state index is 13.8. The van der Waals surface area contributed by atoms with Crippen molar-refractivity contribution in [3.63, 3.8) is 0 Å². The van der Waals surface area contributed by atoms with Crippen LogP contribution in [0.1, 0.15) is 36.8 Å². The predicted octanol–water partition coefficient (Wildman–Crippen LogP) is 0.848. The molecule has 3 heterocycles. The van der Waals surface area contributed by atoms with Crippen LogP contribution in [-0.2, 0) is 32.0 Å². The number of carbonyl (C=O) groups excluding carboxylic acids is 4. The molecule has 200 valence electrons. The van der Waals surface area contributed by atoms with Crippen molar-refractivity contribution in [2.75, 3.05) is 13.1 Å². The summed E-state index contributed by atoms with van der Waals surface area (Å²) < 4.78 is 0. The van der Waals surface area contributed by atoms with Crippen LogP contribution >= 0.6 is 0 Å². The highest BCUT2D eigenvalue weighted by Crippen LogP contribution is 2.27. The first kappa shape index (κ1) is 25.6. The average Bonchev–Trinajstić information content (AvgIpc) is 3.59. The van der Waals surface area contributed by atoms with E-state index in [0.29, 0.717) is 38.8 Å². The van der Waals surface area contributed by atoms with Gasteiger partial charge in [-0.15, -0.1) is 0 Å². The van der Waals surface area contributed by atoms with Gasteiger partial charge < -0.3 is 30.6 Å². The molecular formula is C28H32N4O6. The fourth-order valence-corrected chi connectivity index (χ4v) is 5.67. The van der Waals surface area contributed by atoms with Crippen molar-refractivity contribution in [3.05, 3.63) is 59.7 Å². The third-order valence-electron chi connectivity index (χ3n) is 7.66. The highest BCUT2D eigenvalue weighted by Gasteiger charge is 2.45. The van der Waals surface area contributed by atoms with Gasteiger partial charge in [-0.3, -0.25) is 19.2 Å². The molecule has 0 aliphatic carbocycles. The van der Waals surface area contributed by atoms with Crippen LogP contribution in [0.15, 0.2) is 48.5 Å². The summed E-state index contributed by atoms with van der Waals surface area (Å²) in [7, 11) is 0. The second-order valence-electron chi connectivity index (χ2n) is 10.2. The molecule has 0 aromatic heterocycles. The van der Waals surface area contributed by atoms with Gasteiger partial charge in [-0.05, 0) is 61.1 Å². The fourth-order valence-electron chi connectivity index (χ4n) is 5.67. The van der Waals surface area contributed by atoms with Crippen molar-refractivity contribution in [3.8, 4) is 11.5 Å². The van der Waals surface area contributed by atoms with Crippen LogP contribution in [-0.4, -0.2) is 80.9 Å². The van der Waals surface area contributed by atoms with Gasteiger partial charge in [0.1, 0.15) is 35.7 Å². The molecule has 5 rings (SSSR count). The van der Waals surface area contributed by atoms with Gasteiger partial charge in [0.15, 0.2) is 0 Å². The summed E-state index contributed by atoms with van der Waals surface area (Å²) in [6.07, 6.45) is 2.65. The lowest BCUT2D eigenvalue weighted by Gasteiger charge is -2.35. The summed E-state index contributed by atoms with van der Waals surface area (Å²) in [5, 5.41) is 25.0. The van der Waals surface area contributed by atoms with Crippen molar-refractivity contribution in [2.24, 2.45) is 0 Å². The predicted molar refractivity (Wildman–Crippen MR) is 137 cm³/mol. The molecule has 38 heavy (non-hydrogen) atoms. The Morgan fingerprint density at radius 2 is 1.11 bits per heavy atom. The van der Waals surface area contributed by atoms with Crippen LogP contribution in [0, 0.1) is 0 Å². The number of aromatic hydroxyl groups is 2. The Morgan fingerprint density at radius 1 is 0.632 bits per heavy atom. The Hall–Kier alpha value is -4.08. The van der Waals surface area contributed by atoms with E-state index in [1.54, 1.807) is 34.1 Å². The maximum atomic E-state index is 13.8. The summed E-state index contributed by atoms with van der Waals surface area (Å²) in [6, 6.07) is 9.44. The lowest BCUT2D eigenvalue weighted by Crippen LogP contribution is -2.61. The molecule has 0 spiro atoms. The molecular weight excluding hydrogens is 488 g/mol. The molecule has 4 atom stereocenters. The standard InChI is InChI=1S/C28H32N4O6/c33-19-9-5-17(6-10-19)15-21-25(35)30-22(16-18-7-11-20(34)12-8-18)27(37)32-14-2-4-24(32)28(38)31-13-1-3-23(31)26(36)29-21/h5-12,21-24,33-34H,1-4,13-16H2,(H,29,36)(H,30,35)/t21-,22-,23?,24-/m0/s1. The summed E-state index contributed by atoms with van der Waals surface area (Å²) in [5.74, 6) is -1.28. The minimum Gasteiger partial charge on any atom is -0.508 e. The van der Waals surface area contributed by atoms with Crippen molar-refractivity contribution >= 4 is 23.6 Å². The molecule has 4 amide bonds. The number of amides is 4. The van der Waals surface area contributed by atoms with Crippen LogP contribution in [0.5, 0.6) is 11.5 Å². The molecule has 0 saturated carbocycles. The molecule has 4 N–H and O–H groups in total. The molecule has 2 aromatic carbocycles. The van der Waals surface area contributed by atoms with E-state index in [1.807, 2.05) is 0 Å². The summed E-state index contributed by atoms with van der Waals surface area (Å²) in [6.45, 7) is 0.833. The third kappa shape index (κ3) is 5.29. The molecule has 10 nitrogen and oxygen atoms in total. The lowest BCUT2D eigenvalue weighted by atomic mass is 10.0. The molecule has 2 aromatic rings. The Morgan fingerprint density at radius 3 is 1.68 bits per heavy atom. The van der Waals surface area contributed by atoms with Crippen LogP contribution in [0.2, 0.25) is 0 Å². The Balaban J connectivity index is 1.49. The quantitative estimate of drug-likeness (QED) is 0.471. The highest BCUT2D eigenvalue weighted by atomic mass is 16.3. The van der Waals surface area contributed by atoms with Crippen LogP contribution < -0.4 is 10.6 Å². The molecule has 3 fully saturated rings. The first-order chi connectivity index (χ1) is 18.3. The van der Waals surface area contributed by atoms with E-state index in [-0.39, 0.29) is 42.1 Å². The number of phenolic OH excluding ortho intramolecular Hbond substituents is 2. The first-order valence-electron chi connectivity index (χ1n) is 13.1. The monoisotopic (exact) mass is 520 g/mol. The minimum absolute atomic E-state index is 0.0840. The van der Waals surface area contributed by atoms with Crippen molar-refractivity contribution in [1.82, 2.24) is 20.4 Å². The molecule has 0 bridgehead atoms. The van der Waals surface area contributed by atoms with Gasteiger partial charge in [0, 0.05) is 25.9 Å². The van der Waals surface area contributed by atoms with Gasteiger partial charge in [0.2, 0.25) is 23.6 Å². The van der Waals surface area contributed by atoms with Crippen molar-refractivity contribution in [1.29, 1.82) is 0 Å². The SMILES string of the molecule is O=C1N[C@@H](Cc2ccc(O)cc2)C(=O)N[C@@H](Cc2ccc(O)cc2)C(=O)N2CCC[C@H]2C(=O)N2CCCC12. The van der Waals surface area contributed by atoms with E-state index in [0.717, 1.165) is 11.1 Å². The zero-order chi connectivity index (χ0) is 26.8. The van der Waals surface area contributed by atoms with E-state index in [2.05, 4.69) is 10.6 Å². The molecule has 3 aliphatic heterocycles. The molecule has 3 saturated heterocycles. The van der Waals surface area contributed by atoms with Gasteiger partial charge in [-0.1, -0.05) is 24.3 Å². The molecule has 0 radical (unpaired) electrons. The van der Waals surface area contributed by atoms with Crippen LogP contribution in [0.4, 0.5) is 0 Å². The Bertz CT molecular complexity index is 1210. The van der Waals surface area contributed by atoms with Gasteiger partial charge in [-0.25, -0.2) is 0 Å². The number of benzene rings is 2. The summed E-state index contributed by atoms with van der Waals surface area (Å²) in [4.78, 5) is 57.6. The van der Waals surface area contributed by atoms with Gasteiger partial charge in [0.05, 0.1) is 0 Å². The largest absolute Gasteiger partial charge is 0.508 e. The number of hydrogen-bond donors (Lipinski definition) is 4. The number of nitrogens with zero attached hydrogens (tertiary/aromatic N) is 2. The maximum Gasteiger partial charge on any atom is 0.246 e. The number of carbonyl (C=O) groups is 4. The van der Waals surface area contributed by atoms with Gasteiger partial charge in [-0.2, -0.15) is 0 Å². The third-order valence-corrected chi connectivity index (χ3v) is 7.66. The minimum atomic E-state index is -0.992. The first-order valence-corrected chi connectivity index (χ1v) is 13.1. The van der Waals surface area contributed by atoms with Gasteiger partial charge >= 0.3 is 0 Å². The zero-order valence-corrected chi connectivity index (χ0v) is 21.0. The van der Waals surface area contributed by atoms with E-state index in [1.165, 1.54) is 24.3 Å². The summed E-state index contributed by atoms with van der Waals surface area (Å²) in [5.41, 5.74) is 1.45.